The first kappa shape index (κ1) is 23.1. The number of rotatable bonds is 4. The normalized spacial score (nSPS) is 16.2. The minimum absolute atomic E-state index is 0.0558. The monoisotopic (exact) mass is 467 g/mol. The van der Waals surface area contributed by atoms with Crippen LogP contribution in [0.2, 0.25) is 0 Å². The highest BCUT2D eigenvalue weighted by molar-refractivity contribution is 6.07. The van der Waals surface area contributed by atoms with Gasteiger partial charge in [0.05, 0.1) is 22.3 Å². The highest BCUT2D eigenvalue weighted by atomic mass is 16.2. The van der Waals surface area contributed by atoms with Crippen LogP contribution < -0.4 is 4.90 Å². The molecule has 1 atom stereocenters. The Morgan fingerprint density at radius 2 is 1.77 bits per heavy atom. The topological polar surface area (TPSA) is 54.3 Å². The first-order valence-electron chi connectivity index (χ1n) is 12.4. The van der Waals surface area contributed by atoms with Crippen LogP contribution in [0, 0.1) is 20.8 Å². The number of carbonyl (C=O) groups is 1. The maximum Gasteiger partial charge on any atom is 0.254 e. The second-order valence-electron chi connectivity index (χ2n) is 9.66. The van der Waals surface area contributed by atoms with E-state index in [2.05, 4.69) is 74.2 Å². The summed E-state index contributed by atoms with van der Waals surface area (Å²) in [7, 11) is 0. The third-order valence-corrected chi connectivity index (χ3v) is 7.01. The lowest BCUT2D eigenvalue weighted by molar-refractivity contribution is 0.0728. The summed E-state index contributed by atoms with van der Waals surface area (Å²) < 4.78 is 1.87. The molecular weight excluding hydrogens is 434 g/mol. The zero-order valence-electron chi connectivity index (χ0n) is 21.2. The van der Waals surface area contributed by atoms with Gasteiger partial charge >= 0.3 is 0 Å². The molecule has 0 bridgehead atoms. The van der Waals surface area contributed by atoms with Gasteiger partial charge in [0.2, 0.25) is 0 Å². The van der Waals surface area contributed by atoms with Gasteiger partial charge in [-0.2, -0.15) is 5.10 Å². The van der Waals surface area contributed by atoms with Crippen molar-refractivity contribution >= 4 is 22.6 Å². The standard InChI is InChI=1S/C29H33N5O/c1-6-23-10-12-24(13-11-23)34-28-27(22(5)31-34)26(17-20(3)30-28)29(35)32-14-15-33(21(4)18-32)25-9-7-8-19(2)16-25/h7-13,16-17,21H,6,14-15,18H2,1-5H3/t21-/m0/s1. The van der Waals surface area contributed by atoms with Crippen molar-refractivity contribution < 1.29 is 4.79 Å². The Morgan fingerprint density at radius 1 is 1.00 bits per heavy atom. The van der Waals surface area contributed by atoms with Crippen LogP contribution in [0.3, 0.4) is 0 Å². The van der Waals surface area contributed by atoms with E-state index in [4.69, 9.17) is 10.1 Å². The number of aryl methyl sites for hydroxylation is 4. The molecule has 1 aliphatic rings. The Morgan fingerprint density at radius 3 is 2.46 bits per heavy atom. The molecule has 0 radical (unpaired) electrons. The largest absolute Gasteiger partial charge is 0.365 e. The van der Waals surface area contributed by atoms with Crippen LogP contribution in [0.5, 0.6) is 0 Å². The lowest BCUT2D eigenvalue weighted by atomic mass is 10.1. The van der Waals surface area contributed by atoms with E-state index < -0.39 is 0 Å². The number of benzene rings is 2. The predicted molar refractivity (Wildman–Crippen MR) is 142 cm³/mol. The lowest BCUT2D eigenvalue weighted by Gasteiger charge is -2.41. The Labute approximate surface area is 207 Å². The Hall–Kier alpha value is -3.67. The first-order valence-corrected chi connectivity index (χ1v) is 12.4. The summed E-state index contributed by atoms with van der Waals surface area (Å²) in [5.74, 6) is 0.0558. The number of anilines is 1. The molecule has 35 heavy (non-hydrogen) atoms. The number of hydrogen-bond acceptors (Lipinski definition) is 4. The fraction of sp³-hybridized carbons (Fsp3) is 0.345. The number of aromatic nitrogens is 3. The molecule has 0 spiro atoms. The van der Waals surface area contributed by atoms with E-state index in [0.717, 1.165) is 41.1 Å². The van der Waals surface area contributed by atoms with Crippen molar-refractivity contribution in [3.63, 3.8) is 0 Å². The molecule has 2 aromatic carbocycles. The summed E-state index contributed by atoms with van der Waals surface area (Å²) in [6.45, 7) is 12.5. The van der Waals surface area contributed by atoms with E-state index in [0.29, 0.717) is 18.7 Å². The molecule has 1 amide bonds. The minimum Gasteiger partial charge on any atom is -0.365 e. The maximum atomic E-state index is 13.8. The number of pyridine rings is 1. The average Bonchev–Trinajstić information content (AvgIpc) is 3.19. The molecular formula is C29H33N5O. The number of carbonyl (C=O) groups excluding carboxylic acids is 1. The molecule has 4 aromatic rings. The van der Waals surface area contributed by atoms with E-state index in [1.165, 1.54) is 16.8 Å². The van der Waals surface area contributed by atoms with E-state index in [-0.39, 0.29) is 11.9 Å². The first-order chi connectivity index (χ1) is 16.9. The van der Waals surface area contributed by atoms with E-state index >= 15 is 0 Å². The van der Waals surface area contributed by atoms with Gasteiger partial charge in [-0.1, -0.05) is 31.2 Å². The number of nitrogens with zero attached hydrogens (tertiary/aromatic N) is 5. The average molecular weight is 468 g/mol. The fourth-order valence-corrected chi connectivity index (χ4v) is 5.14. The van der Waals surface area contributed by atoms with Gasteiger partial charge in [0.25, 0.3) is 5.91 Å². The van der Waals surface area contributed by atoms with Crippen molar-refractivity contribution in [2.45, 2.75) is 47.1 Å². The summed E-state index contributed by atoms with van der Waals surface area (Å²) >= 11 is 0. The van der Waals surface area contributed by atoms with E-state index in [9.17, 15) is 4.79 Å². The Kier molecular flexibility index (Phi) is 6.05. The van der Waals surface area contributed by atoms with Crippen LogP contribution in [-0.4, -0.2) is 51.2 Å². The zero-order chi connectivity index (χ0) is 24.7. The summed E-state index contributed by atoms with van der Waals surface area (Å²) in [5.41, 5.74) is 7.77. The van der Waals surface area contributed by atoms with Crippen LogP contribution in [-0.2, 0) is 6.42 Å². The van der Waals surface area contributed by atoms with Gasteiger partial charge in [-0.05, 0) is 75.6 Å². The minimum atomic E-state index is 0.0558. The number of fused-ring (bicyclic) bond motifs is 1. The zero-order valence-corrected chi connectivity index (χ0v) is 21.2. The third-order valence-electron chi connectivity index (χ3n) is 7.01. The van der Waals surface area contributed by atoms with Gasteiger partial charge in [0.1, 0.15) is 0 Å². The fourth-order valence-electron chi connectivity index (χ4n) is 5.14. The van der Waals surface area contributed by atoms with Gasteiger partial charge < -0.3 is 9.80 Å². The summed E-state index contributed by atoms with van der Waals surface area (Å²) in [6, 6.07) is 19.1. The third kappa shape index (κ3) is 4.29. The van der Waals surface area contributed by atoms with Gasteiger partial charge in [-0.25, -0.2) is 9.67 Å². The molecule has 5 rings (SSSR count). The predicted octanol–water partition coefficient (Wildman–Crippen LogP) is 5.26. The number of hydrogen-bond donors (Lipinski definition) is 0. The Bertz CT molecular complexity index is 1390. The van der Waals surface area contributed by atoms with Crippen molar-refractivity contribution in [1.29, 1.82) is 0 Å². The van der Waals surface area contributed by atoms with Crippen molar-refractivity contribution in [3.8, 4) is 5.69 Å². The van der Waals surface area contributed by atoms with Crippen LogP contribution in [0.4, 0.5) is 5.69 Å². The summed E-state index contributed by atoms with van der Waals surface area (Å²) in [4.78, 5) is 23.0. The molecule has 3 heterocycles. The molecule has 2 aromatic heterocycles. The molecule has 6 heteroatoms. The summed E-state index contributed by atoms with van der Waals surface area (Å²) in [6.07, 6.45) is 0.991. The van der Waals surface area contributed by atoms with Crippen molar-refractivity contribution in [2.75, 3.05) is 24.5 Å². The molecule has 1 aliphatic heterocycles. The highest BCUT2D eigenvalue weighted by Gasteiger charge is 2.30. The molecule has 1 fully saturated rings. The van der Waals surface area contributed by atoms with Gasteiger partial charge in [0.15, 0.2) is 5.65 Å². The summed E-state index contributed by atoms with van der Waals surface area (Å²) in [5, 5.41) is 5.64. The highest BCUT2D eigenvalue weighted by Crippen LogP contribution is 2.28. The van der Waals surface area contributed by atoms with Crippen LogP contribution >= 0.6 is 0 Å². The molecule has 1 saturated heterocycles. The van der Waals surface area contributed by atoms with Crippen LogP contribution in [0.15, 0.2) is 54.6 Å². The van der Waals surface area contributed by atoms with Crippen LogP contribution in [0.1, 0.15) is 46.7 Å². The second-order valence-corrected chi connectivity index (χ2v) is 9.66. The molecule has 0 saturated carbocycles. The number of piperazine rings is 1. The molecule has 0 aliphatic carbocycles. The smallest absolute Gasteiger partial charge is 0.254 e. The maximum absolute atomic E-state index is 13.8. The molecule has 6 nitrogen and oxygen atoms in total. The Balaban J connectivity index is 1.47. The van der Waals surface area contributed by atoms with Crippen molar-refractivity contribution in [1.82, 2.24) is 19.7 Å². The SMILES string of the molecule is CCc1ccc(-n2nc(C)c3c(C(=O)N4CCN(c5cccc(C)c5)[C@@H](C)C4)cc(C)nc32)cc1. The lowest BCUT2D eigenvalue weighted by Crippen LogP contribution is -2.53. The van der Waals surface area contributed by atoms with Gasteiger partial charge in [-0.15, -0.1) is 0 Å². The molecule has 180 valence electrons. The quantitative estimate of drug-likeness (QED) is 0.411. The van der Waals surface area contributed by atoms with Crippen molar-refractivity contribution in [3.05, 3.63) is 82.7 Å². The van der Waals surface area contributed by atoms with Crippen LogP contribution in [0.25, 0.3) is 16.7 Å². The van der Waals surface area contributed by atoms with Gasteiger partial charge in [-0.3, -0.25) is 4.79 Å². The van der Waals surface area contributed by atoms with E-state index in [1.807, 2.05) is 29.5 Å². The second kappa shape index (κ2) is 9.17. The van der Waals surface area contributed by atoms with E-state index in [1.54, 1.807) is 0 Å². The van der Waals surface area contributed by atoms with Crippen molar-refractivity contribution in [2.24, 2.45) is 0 Å². The molecule has 0 unspecified atom stereocenters. The number of amides is 1. The molecule has 0 N–H and O–H groups in total. The van der Waals surface area contributed by atoms with Gasteiger partial charge in [0, 0.05) is 37.1 Å².